The molecule has 0 aliphatic carbocycles. The molecule has 6 heteroatoms. The molecule has 0 unspecified atom stereocenters. The first-order chi connectivity index (χ1) is 11.9. The summed E-state index contributed by atoms with van der Waals surface area (Å²) in [6.45, 7) is 3.55. The second-order valence-corrected chi connectivity index (χ2v) is 6.36. The van der Waals surface area contributed by atoms with Crippen LogP contribution < -0.4 is 5.32 Å². The lowest BCUT2D eigenvalue weighted by Gasteiger charge is -2.14. The topological polar surface area (TPSA) is 62.3 Å². The summed E-state index contributed by atoms with van der Waals surface area (Å²) in [4.78, 5) is 29.4. The van der Waals surface area contributed by atoms with E-state index in [4.69, 9.17) is 0 Å². The lowest BCUT2D eigenvalue weighted by molar-refractivity contribution is -0.129. The van der Waals surface area contributed by atoms with Crippen LogP contribution in [0.2, 0.25) is 0 Å². The third-order valence-electron chi connectivity index (χ3n) is 3.97. The lowest BCUT2D eigenvalue weighted by Crippen LogP contribution is -2.40. The molecule has 3 amide bonds. The van der Waals surface area contributed by atoms with Crippen molar-refractivity contribution < 1.29 is 14.0 Å². The summed E-state index contributed by atoms with van der Waals surface area (Å²) in [6.07, 6.45) is 5.23. The summed E-state index contributed by atoms with van der Waals surface area (Å²) in [6, 6.07) is 9.46. The van der Waals surface area contributed by atoms with E-state index in [2.05, 4.69) is 10.3 Å². The Morgan fingerprint density at radius 1 is 1.16 bits per heavy atom. The van der Waals surface area contributed by atoms with Gasteiger partial charge in [-0.05, 0) is 49.7 Å². The highest BCUT2D eigenvalue weighted by Crippen LogP contribution is 2.19. The number of hydrogen-bond donors (Lipinski definition) is 1. The van der Waals surface area contributed by atoms with Crippen molar-refractivity contribution in [3.63, 3.8) is 0 Å². The average molecular weight is 339 g/mol. The Morgan fingerprint density at radius 3 is 2.44 bits per heavy atom. The Morgan fingerprint density at radius 2 is 1.88 bits per heavy atom. The van der Waals surface area contributed by atoms with Crippen LogP contribution in [-0.2, 0) is 4.79 Å². The summed E-state index contributed by atoms with van der Waals surface area (Å²) < 4.78 is 13.0. The molecule has 0 saturated carbocycles. The molecule has 1 fully saturated rings. The standard InChI is InChI=1S/C19H18FN3O2/c1-19(2)17(24)23(18(25)22-19)11-3-4-13-5-10-16(21-12-13)14-6-8-15(20)9-7-14/h3-10,12H,11H2,1-2H3,(H,22,25). The maximum atomic E-state index is 13.0. The molecule has 1 aliphatic rings. The minimum absolute atomic E-state index is 0.202. The highest BCUT2D eigenvalue weighted by Gasteiger charge is 2.43. The first kappa shape index (κ1) is 16.8. The van der Waals surface area contributed by atoms with Crippen molar-refractivity contribution >= 4 is 18.0 Å². The van der Waals surface area contributed by atoms with Gasteiger partial charge in [-0.15, -0.1) is 0 Å². The molecule has 0 bridgehead atoms. The zero-order valence-electron chi connectivity index (χ0n) is 14.0. The van der Waals surface area contributed by atoms with Gasteiger partial charge >= 0.3 is 6.03 Å². The van der Waals surface area contributed by atoms with Crippen LogP contribution in [0.4, 0.5) is 9.18 Å². The van der Waals surface area contributed by atoms with E-state index in [1.807, 2.05) is 12.1 Å². The molecule has 3 rings (SSSR count). The van der Waals surface area contributed by atoms with Crippen LogP contribution in [0.1, 0.15) is 19.4 Å². The second kappa shape index (κ2) is 6.47. The fourth-order valence-electron chi connectivity index (χ4n) is 2.57. The third-order valence-corrected chi connectivity index (χ3v) is 3.97. The van der Waals surface area contributed by atoms with Gasteiger partial charge in [-0.1, -0.05) is 18.2 Å². The molecule has 2 heterocycles. The van der Waals surface area contributed by atoms with Crippen LogP contribution in [0.15, 0.2) is 48.7 Å². The number of carbonyl (C=O) groups excluding carboxylic acids is 2. The molecule has 5 nitrogen and oxygen atoms in total. The smallest absolute Gasteiger partial charge is 0.324 e. The van der Waals surface area contributed by atoms with Crippen molar-refractivity contribution in [1.82, 2.24) is 15.2 Å². The number of benzene rings is 1. The fourth-order valence-corrected chi connectivity index (χ4v) is 2.57. The number of halogens is 1. The third kappa shape index (κ3) is 3.57. The van der Waals surface area contributed by atoms with Crippen LogP contribution in [0.5, 0.6) is 0 Å². The maximum absolute atomic E-state index is 13.0. The summed E-state index contributed by atoms with van der Waals surface area (Å²) in [5.74, 6) is -0.529. The van der Waals surface area contributed by atoms with Gasteiger partial charge < -0.3 is 5.32 Å². The SMILES string of the molecule is CC1(C)NC(=O)N(CC=Cc2ccc(-c3ccc(F)cc3)nc2)C1=O. The summed E-state index contributed by atoms with van der Waals surface area (Å²) in [7, 11) is 0. The average Bonchev–Trinajstić information content (AvgIpc) is 2.78. The van der Waals surface area contributed by atoms with E-state index in [-0.39, 0.29) is 24.3 Å². The summed E-state index contributed by atoms with van der Waals surface area (Å²) in [5.41, 5.74) is 1.56. The Bertz CT molecular complexity index is 827. The minimum Gasteiger partial charge on any atom is -0.324 e. The van der Waals surface area contributed by atoms with Gasteiger partial charge in [-0.2, -0.15) is 0 Å². The Labute approximate surface area is 145 Å². The van der Waals surface area contributed by atoms with Crippen LogP contribution in [0.3, 0.4) is 0 Å². The molecule has 1 aliphatic heterocycles. The quantitative estimate of drug-likeness (QED) is 0.870. The van der Waals surface area contributed by atoms with Crippen molar-refractivity contribution in [3.8, 4) is 11.3 Å². The van der Waals surface area contributed by atoms with E-state index in [1.165, 1.54) is 17.0 Å². The molecule has 2 aromatic rings. The molecule has 0 radical (unpaired) electrons. The molecular weight excluding hydrogens is 321 g/mol. The predicted octanol–water partition coefficient (Wildman–Crippen LogP) is 3.23. The van der Waals surface area contributed by atoms with Crippen molar-refractivity contribution in [1.29, 1.82) is 0 Å². The molecule has 25 heavy (non-hydrogen) atoms. The van der Waals surface area contributed by atoms with Gasteiger partial charge in [0, 0.05) is 18.3 Å². The van der Waals surface area contributed by atoms with Gasteiger partial charge in [-0.25, -0.2) is 9.18 Å². The summed E-state index contributed by atoms with van der Waals surface area (Å²) in [5, 5.41) is 2.64. The van der Waals surface area contributed by atoms with Crippen LogP contribution in [-0.4, -0.2) is 33.9 Å². The molecular formula is C19H18FN3O2. The lowest BCUT2D eigenvalue weighted by atomic mass is 10.1. The molecule has 0 atom stereocenters. The van der Waals surface area contributed by atoms with Crippen LogP contribution >= 0.6 is 0 Å². The first-order valence-corrected chi connectivity index (χ1v) is 7.89. The summed E-state index contributed by atoms with van der Waals surface area (Å²) >= 11 is 0. The van der Waals surface area contributed by atoms with Gasteiger partial charge in [0.2, 0.25) is 0 Å². The van der Waals surface area contributed by atoms with Gasteiger partial charge in [0.15, 0.2) is 0 Å². The Balaban J connectivity index is 1.66. The van der Waals surface area contributed by atoms with Gasteiger partial charge in [-0.3, -0.25) is 14.7 Å². The van der Waals surface area contributed by atoms with Gasteiger partial charge in [0.05, 0.1) is 5.69 Å². The second-order valence-electron chi connectivity index (χ2n) is 6.36. The molecule has 1 aromatic heterocycles. The number of nitrogens with one attached hydrogen (secondary N) is 1. The van der Waals surface area contributed by atoms with Gasteiger partial charge in [0.1, 0.15) is 11.4 Å². The minimum atomic E-state index is -0.858. The van der Waals surface area contributed by atoms with E-state index >= 15 is 0 Å². The number of urea groups is 1. The highest BCUT2D eigenvalue weighted by molar-refractivity contribution is 6.06. The fraction of sp³-hybridized carbons (Fsp3) is 0.211. The normalized spacial score (nSPS) is 16.5. The van der Waals surface area contributed by atoms with Crippen molar-refractivity contribution in [2.24, 2.45) is 0 Å². The number of nitrogens with zero attached hydrogens (tertiary/aromatic N) is 2. The van der Waals surface area contributed by atoms with E-state index in [9.17, 15) is 14.0 Å². The zero-order chi connectivity index (χ0) is 18.0. The Hall–Kier alpha value is -3.02. The molecule has 1 saturated heterocycles. The monoisotopic (exact) mass is 339 g/mol. The number of hydrogen-bond acceptors (Lipinski definition) is 3. The van der Waals surface area contributed by atoms with E-state index < -0.39 is 5.54 Å². The highest BCUT2D eigenvalue weighted by atomic mass is 19.1. The van der Waals surface area contributed by atoms with Crippen LogP contribution in [0, 0.1) is 5.82 Å². The maximum Gasteiger partial charge on any atom is 0.325 e. The van der Waals surface area contributed by atoms with Crippen LogP contribution in [0.25, 0.3) is 17.3 Å². The van der Waals surface area contributed by atoms with E-state index in [0.29, 0.717) is 0 Å². The molecule has 1 N–H and O–H groups in total. The van der Waals surface area contributed by atoms with Crippen molar-refractivity contribution in [2.75, 3.05) is 6.54 Å². The van der Waals surface area contributed by atoms with Gasteiger partial charge in [0.25, 0.3) is 5.91 Å². The molecule has 1 aromatic carbocycles. The molecule has 128 valence electrons. The molecule has 0 spiro atoms. The Kier molecular flexibility index (Phi) is 4.35. The first-order valence-electron chi connectivity index (χ1n) is 7.89. The number of rotatable bonds is 4. The van der Waals surface area contributed by atoms with E-state index in [1.54, 1.807) is 44.3 Å². The van der Waals surface area contributed by atoms with Crippen molar-refractivity contribution in [3.05, 3.63) is 60.1 Å². The number of carbonyl (C=O) groups is 2. The number of aromatic nitrogens is 1. The largest absolute Gasteiger partial charge is 0.325 e. The zero-order valence-corrected chi connectivity index (χ0v) is 14.0. The number of imide groups is 1. The van der Waals surface area contributed by atoms with E-state index in [0.717, 1.165) is 16.8 Å². The van der Waals surface area contributed by atoms with Crippen molar-refractivity contribution in [2.45, 2.75) is 19.4 Å². The number of amides is 3. The predicted molar refractivity (Wildman–Crippen MR) is 93.0 cm³/mol. The number of pyridine rings is 1.